The van der Waals surface area contributed by atoms with Gasteiger partial charge >= 0.3 is 0 Å². The number of fused-ring (bicyclic) bond motifs is 1. The zero-order chi connectivity index (χ0) is 20.4. The fourth-order valence-electron chi connectivity index (χ4n) is 3.37. The van der Waals surface area contributed by atoms with Crippen molar-refractivity contribution in [3.63, 3.8) is 0 Å². The first-order chi connectivity index (χ1) is 13.3. The number of carbonyl (C=O) groups is 1. The molecule has 0 fully saturated rings. The van der Waals surface area contributed by atoms with Crippen LogP contribution >= 0.6 is 11.3 Å². The van der Waals surface area contributed by atoms with Crippen LogP contribution in [-0.2, 0) is 11.3 Å². The second kappa shape index (κ2) is 8.27. The highest BCUT2D eigenvalue weighted by Crippen LogP contribution is 2.32. The van der Waals surface area contributed by atoms with Crippen molar-refractivity contribution in [2.75, 3.05) is 0 Å². The molecule has 0 saturated carbocycles. The molecule has 3 rings (SSSR count). The van der Waals surface area contributed by atoms with E-state index in [2.05, 4.69) is 38.1 Å². The lowest BCUT2D eigenvalue weighted by molar-refractivity contribution is -0.118. The number of aromatic nitrogens is 2. The van der Waals surface area contributed by atoms with E-state index in [0.717, 1.165) is 21.8 Å². The normalized spacial score (nSPS) is 11.6. The Bertz CT molecular complexity index is 1050. The number of benzene rings is 1. The number of primary amides is 1. The highest BCUT2D eigenvalue weighted by Gasteiger charge is 2.18. The Kier molecular flexibility index (Phi) is 5.98. The first-order valence-corrected chi connectivity index (χ1v) is 10.6. The second-order valence-corrected chi connectivity index (χ2v) is 8.62. The van der Waals surface area contributed by atoms with Crippen LogP contribution in [0.3, 0.4) is 0 Å². The number of carbonyl (C=O) groups excluding carboxylic acids is 1. The molecule has 3 aromatic rings. The van der Waals surface area contributed by atoms with Gasteiger partial charge in [-0.25, -0.2) is 4.98 Å². The summed E-state index contributed by atoms with van der Waals surface area (Å²) < 4.78 is 1.72. The molecule has 0 bridgehead atoms. The van der Waals surface area contributed by atoms with Crippen molar-refractivity contribution in [3.05, 3.63) is 51.4 Å². The molecule has 1 aromatic carbocycles. The lowest BCUT2D eigenvalue weighted by Gasteiger charge is -2.15. The van der Waals surface area contributed by atoms with E-state index in [4.69, 9.17) is 10.7 Å². The van der Waals surface area contributed by atoms with E-state index in [-0.39, 0.29) is 23.8 Å². The molecule has 0 saturated heterocycles. The van der Waals surface area contributed by atoms with Crippen molar-refractivity contribution in [2.24, 2.45) is 5.73 Å². The quantitative estimate of drug-likeness (QED) is 0.631. The van der Waals surface area contributed by atoms with E-state index >= 15 is 0 Å². The van der Waals surface area contributed by atoms with Crippen molar-refractivity contribution in [3.8, 4) is 11.1 Å². The van der Waals surface area contributed by atoms with Crippen molar-refractivity contribution in [2.45, 2.75) is 58.9 Å². The Labute approximate surface area is 169 Å². The molecule has 28 heavy (non-hydrogen) atoms. The number of thiophene rings is 1. The van der Waals surface area contributed by atoms with Gasteiger partial charge in [-0.3, -0.25) is 14.2 Å². The minimum atomic E-state index is -0.352. The highest BCUT2D eigenvalue weighted by molar-refractivity contribution is 7.17. The molecule has 0 aliphatic rings. The SMILES string of the molecule is CC(C)c1ccc(-c2csc3nc(C(C)C)n(CCCC(N)=O)c(=O)c23)cc1. The van der Waals surface area contributed by atoms with E-state index in [0.29, 0.717) is 24.3 Å². The van der Waals surface area contributed by atoms with Gasteiger partial charge in [-0.05, 0) is 23.5 Å². The number of hydrogen-bond acceptors (Lipinski definition) is 4. The van der Waals surface area contributed by atoms with E-state index in [1.54, 1.807) is 4.57 Å². The number of rotatable bonds is 7. The van der Waals surface area contributed by atoms with Gasteiger partial charge in [0.25, 0.3) is 5.56 Å². The van der Waals surface area contributed by atoms with Crippen molar-refractivity contribution >= 4 is 27.5 Å². The minimum absolute atomic E-state index is 0.0395. The summed E-state index contributed by atoms with van der Waals surface area (Å²) in [5.41, 5.74) is 8.44. The van der Waals surface area contributed by atoms with Crippen LogP contribution in [0, 0.1) is 0 Å². The van der Waals surface area contributed by atoms with Gasteiger partial charge in [-0.2, -0.15) is 0 Å². The molecule has 0 aliphatic heterocycles. The van der Waals surface area contributed by atoms with Gasteiger partial charge in [0.05, 0.1) is 5.39 Å². The predicted octanol–water partition coefficient (Wildman–Crippen LogP) is 4.64. The summed E-state index contributed by atoms with van der Waals surface area (Å²) in [6, 6.07) is 8.38. The summed E-state index contributed by atoms with van der Waals surface area (Å²) in [6.45, 7) is 8.82. The zero-order valence-electron chi connectivity index (χ0n) is 16.9. The van der Waals surface area contributed by atoms with E-state index in [1.807, 2.05) is 19.2 Å². The lowest BCUT2D eigenvalue weighted by Crippen LogP contribution is -2.26. The summed E-state index contributed by atoms with van der Waals surface area (Å²) in [4.78, 5) is 30.0. The Hall–Kier alpha value is -2.47. The Morgan fingerprint density at radius 1 is 1.14 bits per heavy atom. The van der Waals surface area contributed by atoms with Crippen LogP contribution in [0.25, 0.3) is 21.3 Å². The topological polar surface area (TPSA) is 78.0 Å². The third-order valence-electron chi connectivity index (χ3n) is 4.93. The molecule has 2 heterocycles. The van der Waals surface area contributed by atoms with E-state index in [1.165, 1.54) is 16.9 Å². The zero-order valence-corrected chi connectivity index (χ0v) is 17.7. The molecule has 0 spiro atoms. The number of nitrogens with zero attached hydrogens (tertiary/aromatic N) is 2. The molecular formula is C22H27N3O2S. The molecule has 0 unspecified atom stereocenters. The molecule has 0 atom stereocenters. The van der Waals surface area contributed by atoms with Crippen molar-refractivity contribution in [1.29, 1.82) is 0 Å². The molecule has 5 nitrogen and oxygen atoms in total. The molecule has 2 aromatic heterocycles. The number of amides is 1. The monoisotopic (exact) mass is 397 g/mol. The van der Waals surface area contributed by atoms with Crippen LogP contribution < -0.4 is 11.3 Å². The molecule has 6 heteroatoms. The summed E-state index contributed by atoms with van der Waals surface area (Å²) in [5, 5.41) is 2.67. The number of nitrogens with two attached hydrogens (primary N) is 1. The predicted molar refractivity (Wildman–Crippen MR) is 116 cm³/mol. The Morgan fingerprint density at radius 2 is 1.82 bits per heavy atom. The molecule has 0 radical (unpaired) electrons. The third kappa shape index (κ3) is 4.02. The maximum absolute atomic E-state index is 13.4. The lowest BCUT2D eigenvalue weighted by atomic mass is 9.99. The molecule has 0 aliphatic carbocycles. The van der Waals surface area contributed by atoms with E-state index in [9.17, 15) is 9.59 Å². The molecular weight excluding hydrogens is 370 g/mol. The van der Waals surface area contributed by atoms with Crippen LogP contribution in [0.2, 0.25) is 0 Å². The highest BCUT2D eigenvalue weighted by atomic mass is 32.1. The van der Waals surface area contributed by atoms with Crippen molar-refractivity contribution in [1.82, 2.24) is 9.55 Å². The van der Waals surface area contributed by atoms with Gasteiger partial charge in [-0.1, -0.05) is 52.0 Å². The van der Waals surface area contributed by atoms with Crippen LogP contribution in [0.1, 0.15) is 63.8 Å². The van der Waals surface area contributed by atoms with Crippen LogP contribution in [0.4, 0.5) is 0 Å². The van der Waals surface area contributed by atoms with Crippen LogP contribution in [0.5, 0.6) is 0 Å². The first-order valence-electron chi connectivity index (χ1n) is 9.70. The van der Waals surface area contributed by atoms with Gasteiger partial charge in [0, 0.05) is 29.8 Å². The van der Waals surface area contributed by atoms with Gasteiger partial charge in [0.15, 0.2) is 0 Å². The number of hydrogen-bond donors (Lipinski definition) is 1. The summed E-state index contributed by atoms with van der Waals surface area (Å²) in [7, 11) is 0. The van der Waals surface area contributed by atoms with Gasteiger partial charge in [0.1, 0.15) is 10.7 Å². The third-order valence-corrected chi connectivity index (χ3v) is 5.81. The second-order valence-electron chi connectivity index (χ2n) is 7.76. The average Bonchev–Trinajstić information content (AvgIpc) is 3.07. The van der Waals surface area contributed by atoms with Crippen molar-refractivity contribution < 1.29 is 4.79 Å². The maximum Gasteiger partial charge on any atom is 0.262 e. The van der Waals surface area contributed by atoms with Crippen LogP contribution in [0.15, 0.2) is 34.4 Å². The van der Waals surface area contributed by atoms with Gasteiger partial charge < -0.3 is 5.73 Å². The summed E-state index contributed by atoms with van der Waals surface area (Å²) >= 11 is 1.50. The van der Waals surface area contributed by atoms with Gasteiger partial charge in [0.2, 0.25) is 5.91 Å². The smallest absolute Gasteiger partial charge is 0.262 e. The largest absolute Gasteiger partial charge is 0.370 e. The molecule has 1 amide bonds. The summed E-state index contributed by atoms with van der Waals surface area (Å²) in [5.74, 6) is 0.979. The standard InChI is InChI=1S/C22H27N3O2S/c1-13(2)15-7-9-16(10-8-15)17-12-28-21-19(17)22(27)25(11-5-6-18(23)26)20(24-21)14(3)4/h7-10,12-14H,5-6,11H2,1-4H3,(H2,23,26). The van der Waals surface area contributed by atoms with E-state index < -0.39 is 0 Å². The molecule has 2 N–H and O–H groups in total. The Morgan fingerprint density at radius 3 is 2.39 bits per heavy atom. The average molecular weight is 398 g/mol. The maximum atomic E-state index is 13.4. The summed E-state index contributed by atoms with van der Waals surface area (Å²) in [6.07, 6.45) is 0.792. The Balaban J connectivity index is 2.11. The fraction of sp³-hybridized carbons (Fsp3) is 0.409. The first kappa shape index (κ1) is 20.3. The molecule has 148 valence electrons. The van der Waals surface area contributed by atoms with Crippen LogP contribution in [-0.4, -0.2) is 15.5 Å². The minimum Gasteiger partial charge on any atom is -0.370 e. The fourth-order valence-corrected chi connectivity index (χ4v) is 4.31. The van der Waals surface area contributed by atoms with Gasteiger partial charge in [-0.15, -0.1) is 11.3 Å².